The zero-order valence-electron chi connectivity index (χ0n) is 12.6. The predicted molar refractivity (Wildman–Crippen MR) is 81.9 cm³/mol. The van der Waals surface area contributed by atoms with Crippen molar-refractivity contribution in [3.63, 3.8) is 0 Å². The average Bonchev–Trinajstić information content (AvgIpc) is 2.56. The van der Waals surface area contributed by atoms with Gasteiger partial charge < -0.3 is 15.2 Å². The first kappa shape index (κ1) is 17.9. The summed E-state index contributed by atoms with van der Waals surface area (Å²) in [6, 6.07) is 3.32. The number of aromatic nitrogens is 1. The summed E-state index contributed by atoms with van der Waals surface area (Å²) < 4.78 is 49.6. The summed E-state index contributed by atoms with van der Waals surface area (Å²) in [7, 11) is 2.18. The molecule has 5 nitrogen and oxygen atoms in total. The molecule has 0 aliphatic carbocycles. The van der Waals surface area contributed by atoms with E-state index < -0.39 is 29.5 Å². The van der Waals surface area contributed by atoms with Crippen LogP contribution in [0.1, 0.15) is 22.5 Å². The Morgan fingerprint density at radius 1 is 1.33 bits per heavy atom. The second-order valence-electron chi connectivity index (χ2n) is 4.60. The van der Waals surface area contributed by atoms with Gasteiger partial charge in [0.15, 0.2) is 17.3 Å². The quantitative estimate of drug-likeness (QED) is 0.838. The highest BCUT2D eigenvalue weighted by atomic mass is 35.5. The molecule has 0 amide bonds. The van der Waals surface area contributed by atoms with Crippen molar-refractivity contribution in [2.24, 2.45) is 0 Å². The number of hydrogen-bond donors (Lipinski definition) is 1. The van der Waals surface area contributed by atoms with Gasteiger partial charge in [-0.1, -0.05) is 11.6 Å². The highest BCUT2D eigenvalue weighted by Gasteiger charge is 2.24. The van der Waals surface area contributed by atoms with Crippen molar-refractivity contribution in [3.05, 3.63) is 40.3 Å². The van der Waals surface area contributed by atoms with Crippen molar-refractivity contribution >= 4 is 23.3 Å². The van der Waals surface area contributed by atoms with Gasteiger partial charge in [-0.2, -0.15) is 0 Å². The molecule has 1 aromatic heterocycles. The van der Waals surface area contributed by atoms with Crippen molar-refractivity contribution in [1.29, 1.82) is 0 Å². The maximum absolute atomic E-state index is 14.5. The minimum absolute atomic E-state index is 0.0432. The SMILES string of the molecule is COC(=O)c1nc(-c2ccc(C(F)F)c(OC)c2F)cc(N)c1Cl. The van der Waals surface area contributed by atoms with Crippen molar-refractivity contribution in [2.75, 3.05) is 20.0 Å². The van der Waals surface area contributed by atoms with Crippen LogP contribution in [-0.2, 0) is 4.74 Å². The van der Waals surface area contributed by atoms with Crippen molar-refractivity contribution in [1.82, 2.24) is 4.98 Å². The van der Waals surface area contributed by atoms with Crippen LogP contribution in [0.3, 0.4) is 0 Å². The predicted octanol–water partition coefficient (Wildman–Crippen LogP) is 3.86. The van der Waals surface area contributed by atoms with Crippen LogP contribution < -0.4 is 10.5 Å². The van der Waals surface area contributed by atoms with Crippen molar-refractivity contribution < 1.29 is 27.4 Å². The minimum Gasteiger partial charge on any atom is -0.493 e. The Morgan fingerprint density at radius 3 is 2.54 bits per heavy atom. The number of nitrogen functional groups attached to an aromatic ring is 1. The topological polar surface area (TPSA) is 74.4 Å². The van der Waals surface area contributed by atoms with E-state index in [1.54, 1.807) is 0 Å². The van der Waals surface area contributed by atoms with E-state index in [-0.39, 0.29) is 27.7 Å². The number of hydrogen-bond acceptors (Lipinski definition) is 5. The fraction of sp³-hybridized carbons (Fsp3) is 0.200. The average molecular weight is 361 g/mol. The van der Waals surface area contributed by atoms with Crippen LogP contribution in [0.2, 0.25) is 5.02 Å². The van der Waals surface area contributed by atoms with Crippen LogP contribution in [0, 0.1) is 5.82 Å². The molecule has 24 heavy (non-hydrogen) atoms. The number of nitrogens with zero attached hydrogens (tertiary/aromatic N) is 1. The fourth-order valence-electron chi connectivity index (χ4n) is 2.07. The summed E-state index contributed by atoms with van der Waals surface area (Å²) in [4.78, 5) is 15.6. The van der Waals surface area contributed by atoms with E-state index in [2.05, 4.69) is 9.72 Å². The molecule has 128 valence electrons. The number of ether oxygens (including phenoxy) is 2. The Morgan fingerprint density at radius 2 is 2.00 bits per heavy atom. The number of esters is 1. The summed E-state index contributed by atoms with van der Waals surface area (Å²) >= 11 is 5.89. The van der Waals surface area contributed by atoms with Gasteiger partial charge in [0.1, 0.15) is 0 Å². The van der Waals surface area contributed by atoms with E-state index in [9.17, 15) is 18.0 Å². The highest BCUT2D eigenvalue weighted by molar-refractivity contribution is 6.35. The number of halogens is 4. The number of pyridine rings is 1. The van der Waals surface area contributed by atoms with Gasteiger partial charge in [-0.15, -0.1) is 0 Å². The van der Waals surface area contributed by atoms with Crippen LogP contribution in [0.5, 0.6) is 5.75 Å². The van der Waals surface area contributed by atoms with Gasteiger partial charge in [0.05, 0.1) is 36.2 Å². The van der Waals surface area contributed by atoms with E-state index in [1.165, 1.54) is 6.07 Å². The Kier molecular flexibility index (Phi) is 5.18. The lowest BCUT2D eigenvalue weighted by Crippen LogP contribution is -2.08. The molecular formula is C15H12ClF3N2O3. The van der Waals surface area contributed by atoms with Crippen LogP contribution in [0.4, 0.5) is 18.9 Å². The number of alkyl halides is 2. The first-order chi connectivity index (χ1) is 11.3. The molecule has 0 spiro atoms. The monoisotopic (exact) mass is 360 g/mol. The molecule has 9 heteroatoms. The Bertz CT molecular complexity index is 800. The molecule has 1 aromatic carbocycles. The third-order valence-electron chi connectivity index (χ3n) is 3.21. The third kappa shape index (κ3) is 3.09. The molecular weight excluding hydrogens is 349 g/mol. The number of benzene rings is 1. The summed E-state index contributed by atoms with van der Waals surface area (Å²) in [6.45, 7) is 0. The molecule has 0 bridgehead atoms. The Labute approximate surface area is 140 Å². The van der Waals surface area contributed by atoms with Gasteiger partial charge in [-0.05, 0) is 18.2 Å². The molecule has 0 radical (unpaired) electrons. The molecule has 2 aromatic rings. The van der Waals surface area contributed by atoms with Crippen LogP contribution >= 0.6 is 11.6 Å². The van der Waals surface area contributed by atoms with Gasteiger partial charge in [-0.25, -0.2) is 22.9 Å². The van der Waals surface area contributed by atoms with Gasteiger partial charge in [0.2, 0.25) is 0 Å². The summed E-state index contributed by atoms with van der Waals surface area (Å²) in [5, 5.41) is -0.151. The number of nitrogens with two attached hydrogens (primary N) is 1. The fourth-order valence-corrected chi connectivity index (χ4v) is 2.24. The molecule has 0 unspecified atom stereocenters. The number of carbonyl (C=O) groups excluding carboxylic acids is 1. The third-order valence-corrected chi connectivity index (χ3v) is 3.60. The summed E-state index contributed by atoms with van der Waals surface area (Å²) in [6.07, 6.45) is -2.92. The second-order valence-corrected chi connectivity index (χ2v) is 4.98. The van der Waals surface area contributed by atoms with E-state index in [0.717, 1.165) is 26.4 Å². The smallest absolute Gasteiger partial charge is 0.358 e. The van der Waals surface area contributed by atoms with E-state index in [1.807, 2.05) is 0 Å². The maximum atomic E-state index is 14.5. The van der Waals surface area contributed by atoms with Crippen molar-refractivity contribution in [3.8, 4) is 17.0 Å². The molecule has 2 rings (SSSR count). The standard InChI is InChI=1S/C15H12ClF3N2O3/c1-23-13-7(14(18)19)4-3-6(11(13)17)9-5-8(20)10(16)12(21-9)15(22)24-2/h3-5,14H,1-2H3,(H2,20,21). The van der Waals surface area contributed by atoms with Gasteiger partial charge in [0, 0.05) is 5.56 Å². The first-order valence-electron chi connectivity index (χ1n) is 6.51. The number of anilines is 1. The van der Waals surface area contributed by atoms with Gasteiger partial charge in [0.25, 0.3) is 6.43 Å². The van der Waals surface area contributed by atoms with Gasteiger partial charge >= 0.3 is 5.97 Å². The van der Waals surface area contributed by atoms with Crippen molar-refractivity contribution in [2.45, 2.75) is 6.43 Å². The molecule has 0 aliphatic heterocycles. The van der Waals surface area contributed by atoms with E-state index in [0.29, 0.717) is 0 Å². The molecule has 0 aliphatic rings. The van der Waals surface area contributed by atoms with Crippen LogP contribution in [-0.4, -0.2) is 25.2 Å². The van der Waals surface area contributed by atoms with Crippen LogP contribution in [0.15, 0.2) is 18.2 Å². The zero-order chi connectivity index (χ0) is 18.0. The molecule has 0 fully saturated rings. The molecule has 0 saturated heterocycles. The van der Waals surface area contributed by atoms with Gasteiger partial charge in [-0.3, -0.25) is 0 Å². The maximum Gasteiger partial charge on any atom is 0.358 e. The summed E-state index contributed by atoms with van der Waals surface area (Å²) in [5.74, 6) is -2.54. The normalized spacial score (nSPS) is 10.8. The minimum atomic E-state index is -2.92. The molecule has 0 saturated carbocycles. The molecule has 1 heterocycles. The number of methoxy groups -OCH3 is 2. The van der Waals surface area contributed by atoms with E-state index in [4.69, 9.17) is 22.1 Å². The zero-order valence-corrected chi connectivity index (χ0v) is 13.3. The summed E-state index contributed by atoms with van der Waals surface area (Å²) in [5.41, 5.74) is 4.48. The molecule has 0 atom stereocenters. The lowest BCUT2D eigenvalue weighted by atomic mass is 10.1. The Hall–Kier alpha value is -2.48. The van der Waals surface area contributed by atoms with Crippen LogP contribution in [0.25, 0.3) is 11.3 Å². The Balaban J connectivity index is 2.69. The molecule has 2 N–H and O–H groups in total. The first-order valence-corrected chi connectivity index (χ1v) is 6.88. The second kappa shape index (κ2) is 6.96. The lowest BCUT2D eigenvalue weighted by molar-refractivity contribution is 0.0594. The largest absolute Gasteiger partial charge is 0.493 e. The number of rotatable bonds is 4. The lowest BCUT2D eigenvalue weighted by Gasteiger charge is -2.13. The highest BCUT2D eigenvalue weighted by Crippen LogP contribution is 2.37. The number of carbonyl (C=O) groups is 1. The van der Waals surface area contributed by atoms with E-state index >= 15 is 0 Å².